The van der Waals surface area contributed by atoms with E-state index in [2.05, 4.69) is 35.2 Å². The third-order valence-corrected chi connectivity index (χ3v) is 6.07. The predicted octanol–water partition coefficient (Wildman–Crippen LogP) is 2.78. The molecule has 0 radical (unpaired) electrons. The fraction of sp³-hybridized carbons (Fsp3) is 0.545. The van der Waals surface area contributed by atoms with Crippen molar-refractivity contribution in [3.63, 3.8) is 0 Å². The van der Waals surface area contributed by atoms with E-state index in [1.807, 2.05) is 29.8 Å². The van der Waals surface area contributed by atoms with Crippen LogP contribution in [-0.4, -0.2) is 59.0 Å². The number of rotatable bonds is 5. The number of carbonyl (C=O) groups excluding carboxylic acids is 1. The first-order valence-corrected chi connectivity index (χ1v) is 10.4. The van der Waals surface area contributed by atoms with Gasteiger partial charge >= 0.3 is 0 Å². The first kappa shape index (κ1) is 19.2. The molecule has 4 rings (SSSR count). The van der Waals surface area contributed by atoms with E-state index in [0.29, 0.717) is 24.8 Å². The first-order chi connectivity index (χ1) is 13.6. The normalized spacial score (nSPS) is 22.7. The Balaban J connectivity index is 1.53. The Bertz CT molecular complexity index is 854. The van der Waals surface area contributed by atoms with Gasteiger partial charge in [0.15, 0.2) is 0 Å². The average molecular weight is 383 g/mol. The van der Waals surface area contributed by atoms with Gasteiger partial charge in [-0.15, -0.1) is 0 Å². The van der Waals surface area contributed by atoms with Crippen molar-refractivity contribution in [2.75, 3.05) is 26.3 Å². The Kier molecular flexibility index (Phi) is 5.51. The molecule has 0 bridgehead atoms. The highest BCUT2D eigenvalue weighted by molar-refractivity contribution is 5.95. The molecule has 2 saturated heterocycles. The summed E-state index contributed by atoms with van der Waals surface area (Å²) in [5.74, 6) is -0.0280. The maximum Gasteiger partial charge on any atom is 0.251 e. The van der Waals surface area contributed by atoms with Gasteiger partial charge in [0.25, 0.3) is 5.91 Å². The second kappa shape index (κ2) is 8.05. The number of likely N-dealkylation sites (tertiary alicyclic amines) is 1. The van der Waals surface area contributed by atoms with Crippen molar-refractivity contribution in [1.29, 1.82) is 0 Å². The number of amides is 1. The van der Waals surface area contributed by atoms with Gasteiger partial charge in [-0.3, -0.25) is 14.4 Å². The zero-order valence-corrected chi connectivity index (χ0v) is 17.1. The van der Waals surface area contributed by atoms with E-state index in [4.69, 9.17) is 4.74 Å². The topological polar surface area (TPSA) is 59.4 Å². The van der Waals surface area contributed by atoms with Crippen LogP contribution in [-0.2, 0) is 11.3 Å². The lowest BCUT2D eigenvalue weighted by atomic mass is 10.0. The molecule has 1 aromatic carbocycles. The minimum atomic E-state index is -0.0280. The number of nitrogens with one attached hydrogen (secondary N) is 1. The Hall–Kier alpha value is -2.18. The van der Waals surface area contributed by atoms with Crippen molar-refractivity contribution in [2.45, 2.75) is 52.2 Å². The van der Waals surface area contributed by atoms with Crippen LogP contribution in [0.25, 0.3) is 11.1 Å². The molecule has 6 nitrogen and oxygen atoms in total. The van der Waals surface area contributed by atoms with E-state index in [-0.39, 0.29) is 11.9 Å². The lowest BCUT2D eigenvalue weighted by Gasteiger charge is -2.28. The van der Waals surface area contributed by atoms with Crippen LogP contribution in [0.1, 0.15) is 41.5 Å². The highest BCUT2D eigenvalue weighted by atomic mass is 16.5. The molecule has 0 aliphatic carbocycles. The summed E-state index contributed by atoms with van der Waals surface area (Å²) >= 11 is 0. The molecule has 3 heterocycles. The maximum absolute atomic E-state index is 13.0. The zero-order valence-electron chi connectivity index (χ0n) is 17.1. The van der Waals surface area contributed by atoms with Crippen LogP contribution in [0, 0.1) is 13.8 Å². The van der Waals surface area contributed by atoms with Crippen LogP contribution < -0.4 is 5.32 Å². The van der Waals surface area contributed by atoms with Crippen LogP contribution in [0.4, 0.5) is 0 Å². The summed E-state index contributed by atoms with van der Waals surface area (Å²) in [5, 5.41) is 7.83. The molecule has 0 saturated carbocycles. The van der Waals surface area contributed by atoms with E-state index in [1.165, 1.54) is 12.8 Å². The van der Waals surface area contributed by atoms with Crippen LogP contribution in [0.3, 0.4) is 0 Å². The molecule has 2 atom stereocenters. The Labute approximate surface area is 166 Å². The number of benzene rings is 1. The van der Waals surface area contributed by atoms with Crippen molar-refractivity contribution < 1.29 is 9.53 Å². The van der Waals surface area contributed by atoms with Crippen molar-refractivity contribution in [1.82, 2.24) is 20.0 Å². The van der Waals surface area contributed by atoms with Gasteiger partial charge in [-0.25, -0.2) is 0 Å². The number of ether oxygens (including phenoxy) is 1. The molecule has 1 amide bonds. The van der Waals surface area contributed by atoms with Gasteiger partial charge in [0, 0.05) is 23.4 Å². The van der Waals surface area contributed by atoms with E-state index in [1.54, 1.807) is 0 Å². The van der Waals surface area contributed by atoms with Crippen molar-refractivity contribution in [3.8, 4) is 11.1 Å². The molecule has 2 fully saturated rings. The van der Waals surface area contributed by atoms with Gasteiger partial charge in [0.1, 0.15) is 0 Å². The fourth-order valence-electron chi connectivity index (χ4n) is 4.60. The third kappa shape index (κ3) is 3.59. The molecule has 6 heteroatoms. The van der Waals surface area contributed by atoms with Gasteiger partial charge in [-0.05, 0) is 64.4 Å². The molecule has 2 aliphatic rings. The van der Waals surface area contributed by atoms with Crippen molar-refractivity contribution >= 4 is 5.91 Å². The number of carbonyl (C=O) groups is 1. The Morgan fingerprint density at radius 2 is 2.04 bits per heavy atom. The molecule has 2 aromatic rings. The predicted molar refractivity (Wildman–Crippen MR) is 109 cm³/mol. The summed E-state index contributed by atoms with van der Waals surface area (Å²) in [6.45, 7) is 10.6. The lowest BCUT2D eigenvalue weighted by Crippen LogP contribution is -2.50. The lowest BCUT2D eigenvalue weighted by molar-refractivity contribution is 0.0916. The molecular formula is C22H30N4O2. The van der Waals surface area contributed by atoms with E-state index >= 15 is 0 Å². The number of aryl methyl sites for hydroxylation is 2. The number of nitrogens with zero attached hydrogens (tertiary/aromatic N) is 3. The third-order valence-electron chi connectivity index (χ3n) is 6.07. The summed E-state index contributed by atoms with van der Waals surface area (Å²) in [7, 11) is 0. The van der Waals surface area contributed by atoms with E-state index < -0.39 is 0 Å². The number of hydrogen-bond donors (Lipinski definition) is 1. The van der Waals surface area contributed by atoms with Gasteiger partial charge in [-0.2, -0.15) is 5.10 Å². The standard InChI is InChI=1S/C22H30N4O2/c1-4-26-16(3)21(15(2)24-26)17-8-7-9-18(12-17)22(27)23-19-13-28-14-20(19)25-10-5-6-11-25/h7-9,12,19-20H,4-6,10-11,13-14H2,1-3H3,(H,23,27)/t19-,20-/m1/s1. The molecule has 1 N–H and O–H groups in total. The first-order valence-electron chi connectivity index (χ1n) is 10.4. The average Bonchev–Trinajstić information content (AvgIpc) is 3.42. The Morgan fingerprint density at radius 3 is 2.75 bits per heavy atom. The highest BCUT2D eigenvalue weighted by Gasteiger charge is 2.35. The second-order valence-electron chi connectivity index (χ2n) is 7.87. The van der Waals surface area contributed by atoms with Gasteiger partial charge in [0.05, 0.1) is 31.0 Å². The number of hydrogen-bond acceptors (Lipinski definition) is 4. The molecule has 2 aliphatic heterocycles. The van der Waals surface area contributed by atoms with Crippen LogP contribution in [0.2, 0.25) is 0 Å². The quantitative estimate of drug-likeness (QED) is 0.864. The molecule has 28 heavy (non-hydrogen) atoms. The SMILES string of the molecule is CCn1nc(C)c(-c2cccc(C(=O)N[C@@H]3COC[C@H]3N3CCCC3)c2)c1C. The minimum Gasteiger partial charge on any atom is -0.378 e. The van der Waals surface area contributed by atoms with Gasteiger partial charge in [0.2, 0.25) is 0 Å². The fourth-order valence-corrected chi connectivity index (χ4v) is 4.60. The smallest absolute Gasteiger partial charge is 0.251 e. The van der Waals surface area contributed by atoms with E-state index in [0.717, 1.165) is 42.1 Å². The molecule has 0 spiro atoms. The molecule has 0 unspecified atom stereocenters. The minimum absolute atomic E-state index is 0.0280. The van der Waals surface area contributed by atoms with Crippen molar-refractivity contribution in [2.24, 2.45) is 0 Å². The highest BCUT2D eigenvalue weighted by Crippen LogP contribution is 2.28. The zero-order chi connectivity index (χ0) is 19.7. The summed E-state index contributed by atoms with van der Waals surface area (Å²) < 4.78 is 7.70. The summed E-state index contributed by atoms with van der Waals surface area (Å²) in [5.41, 5.74) is 4.98. The summed E-state index contributed by atoms with van der Waals surface area (Å²) in [4.78, 5) is 15.4. The second-order valence-corrected chi connectivity index (χ2v) is 7.87. The van der Waals surface area contributed by atoms with Crippen molar-refractivity contribution in [3.05, 3.63) is 41.2 Å². The molecule has 150 valence electrons. The molecule has 1 aromatic heterocycles. The van der Waals surface area contributed by atoms with Gasteiger partial charge < -0.3 is 10.1 Å². The summed E-state index contributed by atoms with van der Waals surface area (Å²) in [6, 6.07) is 8.22. The molecular weight excluding hydrogens is 352 g/mol. The van der Waals surface area contributed by atoms with E-state index in [9.17, 15) is 4.79 Å². The maximum atomic E-state index is 13.0. The largest absolute Gasteiger partial charge is 0.378 e. The van der Waals surface area contributed by atoms with Gasteiger partial charge in [-0.1, -0.05) is 12.1 Å². The Morgan fingerprint density at radius 1 is 1.25 bits per heavy atom. The number of aromatic nitrogens is 2. The van der Waals surface area contributed by atoms with Crippen LogP contribution in [0.15, 0.2) is 24.3 Å². The van der Waals surface area contributed by atoms with Crippen LogP contribution >= 0.6 is 0 Å². The monoisotopic (exact) mass is 382 g/mol. The van der Waals surface area contributed by atoms with Crippen LogP contribution in [0.5, 0.6) is 0 Å². The summed E-state index contributed by atoms with van der Waals surface area (Å²) in [6.07, 6.45) is 2.48.